The minimum absolute atomic E-state index is 0.413. The van der Waals surface area contributed by atoms with Gasteiger partial charge in [0.25, 0.3) is 0 Å². The minimum atomic E-state index is -1.00. The molecule has 6 nitrogen and oxygen atoms in total. The lowest BCUT2D eigenvalue weighted by molar-refractivity contribution is -0.131. The Morgan fingerprint density at radius 2 is 1.85 bits per heavy atom. The van der Waals surface area contributed by atoms with Gasteiger partial charge in [-0.3, -0.25) is 5.10 Å². The predicted molar refractivity (Wildman–Crippen MR) is 131 cm³/mol. The summed E-state index contributed by atoms with van der Waals surface area (Å²) in [7, 11) is 1.58. The maximum Gasteiger partial charge on any atom is 0.328 e. The molecule has 0 radical (unpaired) electrons. The highest BCUT2D eigenvalue weighted by Gasteiger charge is 2.17. The third-order valence-corrected chi connectivity index (χ3v) is 5.67. The number of halogens is 1. The molecule has 4 rings (SSSR count). The summed E-state index contributed by atoms with van der Waals surface area (Å²) in [4.78, 5) is 15.4. The van der Waals surface area contributed by atoms with Gasteiger partial charge in [0.1, 0.15) is 0 Å². The van der Waals surface area contributed by atoms with Crippen molar-refractivity contribution < 1.29 is 19.0 Å². The summed E-state index contributed by atoms with van der Waals surface area (Å²) >= 11 is 0. The summed E-state index contributed by atoms with van der Waals surface area (Å²) < 4.78 is 19.6. The average molecular weight is 458 g/mol. The van der Waals surface area contributed by atoms with Gasteiger partial charge in [-0.05, 0) is 71.0 Å². The third-order valence-electron chi connectivity index (χ3n) is 5.67. The molecule has 0 unspecified atom stereocenters. The number of hydrogen-bond donors (Lipinski definition) is 2. The zero-order valence-electron chi connectivity index (χ0n) is 19.1. The number of methoxy groups -OCH3 is 1. The lowest BCUT2D eigenvalue weighted by Gasteiger charge is -2.18. The number of allylic oxidation sites excluding steroid dienone is 1. The molecule has 4 aromatic rings. The van der Waals surface area contributed by atoms with Crippen molar-refractivity contribution in [1.82, 2.24) is 15.2 Å². The molecule has 172 valence electrons. The number of H-pyrrole nitrogens is 1. The van der Waals surface area contributed by atoms with Crippen molar-refractivity contribution in [2.24, 2.45) is 0 Å². The number of aliphatic carboxylic acids is 1. The Morgan fingerprint density at radius 3 is 2.50 bits per heavy atom. The smallest absolute Gasteiger partial charge is 0.328 e. The van der Waals surface area contributed by atoms with Gasteiger partial charge in [-0.25, -0.2) is 9.78 Å². The second-order valence-corrected chi connectivity index (χ2v) is 7.76. The molecule has 0 aliphatic heterocycles. The quantitative estimate of drug-likeness (QED) is 0.338. The molecule has 0 bridgehead atoms. The second-order valence-electron chi connectivity index (χ2n) is 7.76. The van der Waals surface area contributed by atoms with Gasteiger partial charge >= 0.3 is 5.97 Å². The summed E-state index contributed by atoms with van der Waals surface area (Å²) in [5.74, 6) is -1.02. The van der Waals surface area contributed by atoms with Gasteiger partial charge < -0.3 is 9.84 Å². The molecule has 0 saturated carbocycles. The van der Waals surface area contributed by atoms with Gasteiger partial charge in [0.05, 0.1) is 18.0 Å². The van der Waals surface area contributed by atoms with E-state index in [-0.39, 0.29) is 0 Å². The van der Waals surface area contributed by atoms with Crippen molar-refractivity contribution in [2.75, 3.05) is 7.11 Å². The van der Waals surface area contributed by atoms with Crippen LogP contribution in [0.5, 0.6) is 5.88 Å². The largest absolute Gasteiger partial charge is 0.481 e. The molecule has 2 N–H and O–H groups in total. The predicted octanol–water partition coefficient (Wildman–Crippen LogP) is 5.88. The lowest BCUT2D eigenvalue weighted by atomic mass is 9.87. The van der Waals surface area contributed by atoms with E-state index in [9.17, 15) is 9.18 Å². The zero-order valence-corrected chi connectivity index (χ0v) is 19.1. The lowest BCUT2D eigenvalue weighted by Crippen LogP contribution is -2.00. The molecule has 2 heterocycles. The van der Waals surface area contributed by atoms with E-state index in [0.717, 1.165) is 45.2 Å². The molecular formula is C27H24FN3O3. The molecule has 0 saturated heterocycles. The Morgan fingerprint density at radius 1 is 1.12 bits per heavy atom. The van der Waals surface area contributed by atoms with Crippen molar-refractivity contribution in [1.29, 1.82) is 0 Å². The van der Waals surface area contributed by atoms with Crippen molar-refractivity contribution >= 4 is 34.1 Å². The van der Waals surface area contributed by atoms with Crippen LogP contribution in [0.1, 0.15) is 41.3 Å². The number of hydrogen-bond acceptors (Lipinski definition) is 4. The van der Waals surface area contributed by atoms with Crippen molar-refractivity contribution in [3.8, 4) is 5.88 Å². The number of benzene rings is 2. The van der Waals surface area contributed by atoms with Crippen LogP contribution in [0.4, 0.5) is 4.39 Å². The standard InChI is InChI=1S/C27H24FN3O3/c1-4-20(21-11-13-24(34-3)29-16(21)2)26(18-8-5-17(6-9-18)7-14-25(32)33)19-10-12-23-22(15-19)27(28)31-30-23/h5-15H,4H2,1-3H3,(H,30,31)(H,32,33)/b14-7+,26-20+. The Balaban J connectivity index is 1.95. The van der Waals surface area contributed by atoms with E-state index < -0.39 is 11.9 Å². The molecule has 34 heavy (non-hydrogen) atoms. The number of carboxylic acid groups (broad SMARTS) is 1. The fourth-order valence-electron chi connectivity index (χ4n) is 4.05. The number of ether oxygens (including phenoxy) is 1. The van der Waals surface area contributed by atoms with E-state index in [4.69, 9.17) is 9.84 Å². The van der Waals surface area contributed by atoms with Crippen LogP contribution < -0.4 is 4.74 Å². The summed E-state index contributed by atoms with van der Waals surface area (Å²) in [5, 5.41) is 15.7. The van der Waals surface area contributed by atoms with Crippen molar-refractivity contribution in [3.63, 3.8) is 0 Å². The van der Waals surface area contributed by atoms with Crippen LogP contribution in [-0.2, 0) is 4.79 Å². The molecule has 2 aromatic carbocycles. The summed E-state index contributed by atoms with van der Waals surface area (Å²) in [6.45, 7) is 4.00. The minimum Gasteiger partial charge on any atom is -0.481 e. The molecule has 0 fully saturated rings. The fourth-order valence-corrected chi connectivity index (χ4v) is 4.05. The average Bonchev–Trinajstić information content (AvgIpc) is 3.22. The van der Waals surface area contributed by atoms with Crippen LogP contribution in [0, 0.1) is 12.9 Å². The van der Waals surface area contributed by atoms with E-state index in [2.05, 4.69) is 22.1 Å². The van der Waals surface area contributed by atoms with Gasteiger partial charge in [0.2, 0.25) is 11.8 Å². The molecule has 7 heteroatoms. The second kappa shape index (κ2) is 9.70. The first-order chi connectivity index (χ1) is 16.4. The zero-order chi connectivity index (χ0) is 24.2. The SMILES string of the molecule is CC/C(=C(/c1ccc(/C=C/C(=O)O)cc1)c1ccc2[nH]nc(F)c2c1)c1ccc(OC)nc1C. The van der Waals surface area contributed by atoms with Gasteiger partial charge in [0.15, 0.2) is 0 Å². The van der Waals surface area contributed by atoms with E-state index in [1.165, 1.54) is 0 Å². The summed E-state index contributed by atoms with van der Waals surface area (Å²) in [6, 6.07) is 17.0. The van der Waals surface area contributed by atoms with Crippen LogP contribution >= 0.6 is 0 Å². The molecule has 2 aromatic heterocycles. The maximum atomic E-state index is 14.3. The number of aromatic amines is 1. The molecule has 0 amide bonds. The van der Waals surface area contributed by atoms with Crippen molar-refractivity contribution in [2.45, 2.75) is 20.3 Å². The number of pyridine rings is 1. The molecule has 0 aliphatic rings. The number of aryl methyl sites for hydroxylation is 1. The highest BCUT2D eigenvalue weighted by atomic mass is 19.1. The monoisotopic (exact) mass is 457 g/mol. The molecule has 0 spiro atoms. The number of nitrogens with one attached hydrogen (secondary N) is 1. The molecular weight excluding hydrogens is 433 g/mol. The first kappa shape index (κ1) is 22.9. The Kier molecular flexibility index (Phi) is 6.54. The Hall–Kier alpha value is -4.26. The van der Waals surface area contributed by atoms with Crippen LogP contribution in [0.3, 0.4) is 0 Å². The van der Waals surface area contributed by atoms with E-state index in [0.29, 0.717) is 23.2 Å². The number of nitrogens with zero attached hydrogens (tertiary/aromatic N) is 2. The van der Waals surface area contributed by atoms with Crippen molar-refractivity contribution in [3.05, 3.63) is 94.6 Å². The van der Waals surface area contributed by atoms with E-state index >= 15 is 0 Å². The first-order valence-corrected chi connectivity index (χ1v) is 10.8. The van der Waals surface area contributed by atoms with Crippen LogP contribution in [-0.4, -0.2) is 33.4 Å². The Labute approximate surface area is 196 Å². The number of rotatable bonds is 7. The van der Waals surface area contributed by atoms with Gasteiger partial charge in [-0.1, -0.05) is 37.3 Å². The van der Waals surface area contributed by atoms with Crippen LogP contribution in [0.25, 0.3) is 28.1 Å². The molecule has 0 aliphatic carbocycles. The Bertz CT molecular complexity index is 1420. The van der Waals surface area contributed by atoms with Crippen LogP contribution in [0.15, 0.2) is 60.7 Å². The first-order valence-electron chi connectivity index (χ1n) is 10.8. The summed E-state index contributed by atoms with van der Waals surface area (Å²) in [5.41, 5.74) is 6.93. The number of aromatic nitrogens is 3. The maximum absolute atomic E-state index is 14.3. The van der Waals surface area contributed by atoms with Crippen LogP contribution in [0.2, 0.25) is 0 Å². The third kappa shape index (κ3) is 4.59. The number of fused-ring (bicyclic) bond motifs is 1. The number of carbonyl (C=O) groups is 1. The molecule has 0 atom stereocenters. The topological polar surface area (TPSA) is 88.1 Å². The number of carboxylic acids is 1. The van der Waals surface area contributed by atoms with Gasteiger partial charge in [0, 0.05) is 17.8 Å². The highest BCUT2D eigenvalue weighted by Crippen LogP contribution is 2.37. The summed E-state index contributed by atoms with van der Waals surface area (Å²) in [6.07, 6.45) is 3.35. The van der Waals surface area contributed by atoms with E-state index in [1.54, 1.807) is 19.3 Å². The normalized spacial score (nSPS) is 12.2. The fraction of sp³-hybridized carbons (Fsp3) is 0.148. The van der Waals surface area contributed by atoms with Gasteiger partial charge in [-0.2, -0.15) is 4.39 Å². The van der Waals surface area contributed by atoms with E-state index in [1.807, 2.05) is 55.5 Å². The van der Waals surface area contributed by atoms with Gasteiger partial charge in [-0.15, -0.1) is 5.10 Å². The highest BCUT2D eigenvalue weighted by molar-refractivity contribution is 6.01.